The zero-order valence-corrected chi connectivity index (χ0v) is 10.2. The maximum Gasteiger partial charge on any atom is 0.158 e. The van der Waals surface area contributed by atoms with Crippen LogP contribution in [0.3, 0.4) is 0 Å². The molecular formula is C12H19N3. The minimum Gasteiger partial charge on any atom is -0.303 e. The van der Waals surface area contributed by atoms with Gasteiger partial charge in [-0.2, -0.15) is 0 Å². The Morgan fingerprint density at radius 2 is 1.80 bits per heavy atom. The first kappa shape index (κ1) is 11.7. The molecule has 3 nitrogen and oxygen atoms in total. The maximum absolute atomic E-state index is 4.45. The molecule has 0 radical (unpaired) electrons. The Morgan fingerprint density at radius 3 is 2.40 bits per heavy atom. The van der Waals surface area contributed by atoms with Gasteiger partial charge in [0, 0.05) is 12.4 Å². The van der Waals surface area contributed by atoms with Gasteiger partial charge in [0.2, 0.25) is 0 Å². The topological polar surface area (TPSA) is 30.2 Å². The summed E-state index contributed by atoms with van der Waals surface area (Å²) in [7, 11) is 0. The standard InChI is InChI=1S/C10H13N3.C2H6/c1-4-9-6-13-5-7(2)11-10(13)8(3)12-9;1-2/h5-6H,4H2,1-3H3;1-2H3. The second-order valence-electron chi connectivity index (χ2n) is 3.28. The van der Waals surface area contributed by atoms with E-state index >= 15 is 0 Å². The third-order valence-electron chi connectivity index (χ3n) is 2.14. The smallest absolute Gasteiger partial charge is 0.158 e. The lowest BCUT2D eigenvalue weighted by molar-refractivity contribution is 0.954. The Bertz CT molecular complexity index is 443. The van der Waals surface area contributed by atoms with Crippen molar-refractivity contribution in [2.45, 2.75) is 41.0 Å². The van der Waals surface area contributed by atoms with Gasteiger partial charge in [-0.05, 0) is 20.3 Å². The summed E-state index contributed by atoms with van der Waals surface area (Å²) in [6.45, 7) is 10.1. The molecule has 0 aliphatic rings. The van der Waals surface area contributed by atoms with Crippen molar-refractivity contribution >= 4 is 5.65 Å². The van der Waals surface area contributed by atoms with Gasteiger partial charge >= 0.3 is 0 Å². The third-order valence-corrected chi connectivity index (χ3v) is 2.14. The van der Waals surface area contributed by atoms with Crippen LogP contribution in [0, 0.1) is 13.8 Å². The highest BCUT2D eigenvalue weighted by Gasteiger charge is 2.03. The van der Waals surface area contributed by atoms with Crippen LogP contribution in [0.4, 0.5) is 0 Å². The third kappa shape index (κ3) is 2.35. The van der Waals surface area contributed by atoms with Crippen LogP contribution >= 0.6 is 0 Å². The summed E-state index contributed by atoms with van der Waals surface area (Å²) in [5.41, 5.74) is 4.13. The molecule has 15 heavy (non-hydrogen) atoms. The number of hydrogen-bond donors (Lipinski definition) is 0. The van der Waals surface area contributed by atoms with E-state index in [4.69, 9.17) is 0 Å². The van der Waals surface area contributed by atoms with Gasteiger partial charge in [-0.1, -0.05) is 20.8 Å². The van der Waals surface area contributed by atoms with Crippen molar-refractivity contribution in [1.29, 1.82) is 0 Å². The minimum absolute atomic E-state index is 0.966. The number of imidazole rings is 1. The normalized spacial score (nSPS) is 9.93. The van der Waals surface area contributed by atoms with Crippen LogP contribution in [0.5, 0.6) is 0 Å². The van der Waals surface area contributed by atoms with Crippen LogP contribution in [0.25, 0.3) is 5.65 Å². The van der Waals surface area contributed by atoms with Crippen LogP contribution in [-0.2, 0) is 6.42 Å². The van der Waals surface area contributed by atoms with Crippen molar-refractivity contribution < 1.29 is 0 Å². The monoisotopic (exact) mass is 205 g/mol. The summed E-state index contributed by atoms with van der Waals surface area (Å²) in [4.78, 5) is 8.84. The van der Waals surface area contributed by atoms with Crippen LogP contribution in [0.1, 0.15) is 37.9 Å². The largest absolute Gasteiger partial charge is 0.303 e. The van der Waals surface area contributed by atoms with E-state index in [0.717, 1.165) is 29.1 Å². The Morgan fingerprint density at radius 1 is 1.13 bits per heavy atom. The summed E-state index contributed by atoms with van der Waals surface area (Å²) in [5.74, 6) is 0. The molecule has 2 aromatic heterocycles. The Balaban J connectivity index is 0.000000531. The molecule has 2 aromatic rings. The molecule has 0 amide bonds. The number of fused-ring (bicyclic) bond motifs is 1. The molecule has 0 aliphatic carbocycles. The average Bonchev–Trinajstić information content (AvgIpc) is 2.62. The van der Waals surface area contributed by atoms with Gasteiger partial charge < -0.3 is 4.40 Å². The van der Waals surface area contributed by atoms with Crippen molar-refractivity contribution in [2.75, 3.05) is 0 Å². The maximum atomic E-state index is 4.45. The Hall–Kier alpha value is -1.38. The van der Waals surface area contributed by atoms with E-state index in [1.165, 1.54) is 0 Å². The molecule has 3 heteroatoms. The van der Waals surface area contributed by atoms with E-state index in [1.54, 1.807) is 0 Å². The molecule has 0 atom stereocenters. The van der Waals surface area contributed by atoms with E-state index in [9.17, 15) is 0 Å². The van der Waals surface area contributed by atoms with Gasteiger partial charge in [-0.15, -0.1) is 0 Å². The van der Waals surface area contributed by atoms with Gasteiger partial charge in [0.15, 0.2) is 5.65 Å². The molecule has 0 N–H and O–H groups in total. The van der Waals surface area contributed by atoms with Crippen molar-refractivity contribution in [3.8, 4) is 0 Å². The minimum atomic E-state index is 0.966. The van der Waals surface area contributed by atoms with Crippen LogP contribution in [0.2, 0.25) is 0 Å². The molecule has 0 bridgehead atoms. The molecule has 0 unspecified atom stereocenters. The van der Waals surface area contributed by atoms with E-state index in [-0.39, 0.29) is 0 Å². The quantitative estimate of drug-likeness (QED) is 0.716. The van der Waals surface area contributed by atoms with Crippen molar-refractivity contribution in [1.82, 2.24) is 14.4 Å². The van der Waals surface area contributed by atoms with Gasteiger partial charge in [-0.25, -0.2) is 4.98 Å². The van der Waals surface area contributed by atoms with Crippen LogP contribution in [0.15, 0.2) is 12.4 Å². The summed E-state index contributed by atoms with van der Waals surface area (Å²) in [6, 6.07) is 0. The molecule has 82 valence electrons. The lowest BCUT2D eigenvalue weighted by Gasteiger charge is -2.00. The highest BCUT2D eigenvalue weighted by Crippen LogP contribution is 2.09. The van der Waals surface area contributed by atoms with E-state index < -0.39 is 0 Å². The second kappa shape index (κ2) is 4.91. The lowest BCUT2D eigenvalue weighted by atomic mass is 10.3. The predicted molar refractivity (Wildman–Crippen MR) is 63.2 cm³/mol. The molecule has 0 saturated heterocycles. The first-order valence-corrected chi connectivity index (χ1v) is 5.52. The predicted octanol–water partition coefficient (Wildman–Crippen LogP) is 2.93. The average molecular weight is 205 g/mol. The fourth-order valence-corrected chi connectivity index (χ4v) is 1.51. The second-order valence-corrected chi connectivity index (χ2v) is 3.28. The summed E-state index contributed by atoms with van der Waals surface area (Å²) in [5, 5.41) is 0. The fraction of sp³-hybridized carbons (Fsp3) is 0.500. The number of rotatable bonds is 1. The van der Waals surface area contributed by atoms with E-state index in [1.807, 2.05) is 40.1 Å². The lowest BCUT2D eigenvalue weighted by Crippen LogP contribution is -1.96. The summed E-state index contributed by atoms with van der Waals surface area (Å²) < 4.78 is 2.05. The van der Waals surface area contributed by atoms with Crippen molar-refractivity contribution in [2.24, 2.45) is 0 Å². The SMILES string of the molecule is CC.CCc1cn2cc(C)nc2c(C)n1. The first-order valence-electron chi connectivity index (χ1n) is 5.52. The molecule has 0 spiro atoms. The Labute approximate surface area is 91.2 Å². The summed E-state index contributed by atoms with van der Waals surface area (Å²) in [6.07, 6.45) is 5.04. The van der Waals surface area contributed by atoms with Gasteiger partial charge in [0.25, 0.3) is 0 Å². The zero-order valence-electron chi connectivity index (χ0n) is 10.2. The fourth-order valence-electron chi connectivity index (χ4n) is 1.51. The van der Waals surface area contributed by atoms with Gasteiger partial charge in [-0.3, -0.25) is 4.98 Å². The molecule has 2 rings (SSSR count). The van der Waals surface area contributed by atoms with E-state index in [0.29, 0.717) is 0 Å². The van der Waals surface area contributed by atoms with Crippen molar-refractivity contribution in [3.63, 3.8) is 0 Å². The Kier molecular flexibility index (Phi) is 3.83. The van der Waals surface area contributed by atoms with Crippen molar-refractivity contribution in [3.05, 3.63) is 29.5 Å². The van der Waals surface area contributed by atoms with Gasteiger partial charge in [0.1, 0.15) is 0 Å². The number of aromatic nitrogens is 3. The number of nitrogens with zero attached hydrogens (tertiary/aromatic N) is 3. The number of hydrogen-bond acceptors (Lipinski definition) is 2. The van der Waals surface area contributed by atoms with Gasteiger partial charge in [0.05, 0.1) is 17.1 Å². The first-order chi connectivity index (χ1) is 7.20. The highest BCUT2D eigenvalue weighted by molar-refractivity contribution is 5.44. The van der Waals surface area contributed by atoms with Crippen LogP contribution < -0.4 is 0 Å². The molecule has 0 aromatic carbocycles. The molecular weight excluding hydrogens is 186 g/mol. The van der Waals surface area contributed by atoms with Crippen LogP contribution in [-0.4, -0.2) is 14.4 Å². The molecule has 0 aliphatic heterocycles. The molecule has 0 saturated carbocycles. The number of aryl methyl sites for hydroxylation is 3. The summed E-state index contributed by atoms with van der Waals surface area (Å²) >= 11 is 0. The highest BCUT2D eigenvalue weighted by atomic mass is 15.0. The van der Waals surface area contributed by atoms with E-state index in [2.05, 4.69) is 21.3 Å². The zero-order chi connectivity index (χ0) is 11.4. The molecule has 2 heterocycles. The molecule has 0 fully saturated rings.